The Hall–Kier alpha value is -6.53. The van der Waals surface area contributed by atoms with Gasteiger partial charge in [-0.05, 0) is 106 Å². The van der Waals surface area contributed by atoms with E-state index in [0.29, 0.717) is 50.0 Å². The number of benzene rings is 1. The smallest absolute Gasteiger partial charge is 0.351 e. The number of aryl methyl sites for hydroxylation is 1. The Bertz CT molecular complexity index is 2830. The van der Waals surface area contributed by atoms with Crippen LogP contribution in [0.2, 0.25) is 5.02 Å². The molecular weight excluding hydrogens is 1220 g/mol. The monoisotopic (exact) mass is 1320 g/mol. The van der Waals surface area contributed by atoms with Gasteiger partial charge in [-0.3, -0.25) is 52.7 Å². The zero-order chi connectivity index (χ0) is 68.1. The zero-order valence-corrected chi connectivity index (χ0v) is 56.6. The van der Waals surface area contributed by atoms with Crippen LogP contribution < -0.4 is 21.3 Å². The summed E-state index contributed by atoms with van der Waals surface area (Å²) in [4.78, 5) is 169. The molecule has 11 amide bonds. The lowest BCUT2D eigenvalue weighted by atomic mass is 9.81. The predicted molar refractivity (Wildman–Crippen MR) is 340 cm³/mol. The maximum atomic E-state index is 15.0. The van der Waals surface area contributed by atoms with E-state index in [4.69, 9.17) is 11.6 Å². The third-order valence-electron chi connectivity index (χ3n) is 20.0. The molecule has 0 radical (unpaired) electrons. The average molecular weight is 1320 g/mol. The number of rotatable bonds is 11. The predicted octanol–water partition coefficient (Wildman–Crippen LogP) is 5.70. The fourth-order valence-electron chi connectivity index (χ4n) is 13.8. The molecule has 92 heavy (non-hydrogen) atoms. The van der Waals surface area contributed by atoms with Gasteiger partial charge in [0.15, 0.2) is 0 Å². The van der Waals surface area contributed by atoms with Gasteiger partial charge in [0.1, 0.15) is 41.8 Å². The van der Waals surface area contributed by atoms with E-state index in [-0.39, 0.29) is 57.4 Å². The van der Waals surface area contributed by atoms with Crippen LogP contribution in [0.5, 0.6) is 0 Å². The van der Waals surface area contributed by atoms with Crippen molar-refractivity contribution in [2.45, 2.75) is 223 Å². The largest absolute Gasteiger partial charge is 0.417 e. The van der Waals surface area contributed by atoms with Gasteiger partial charge in [0.25, 0.3) is 0 Å². The highest BCUT2D eigenvalue weighted by atomic mass is 35.5. The lowest BCUT2D eigenvalue weighted by molar-refractivity contribution is -0.149. The topological polar surface area (TPSA) is 259 Å². The summed E-state index contributed by atoms with van der Waals surface area (Å²) in [7, 11) is 8.64. The summed E-state index contributed by atoms with van der Waals surface area (Å²) in [5, 5.41) is 11.1. The van der Waals surface area contributed by atoms with Crippen LogP contribution in [0.15, 0.2) is 18.2 Å². The molecule has 22 nitrogen and oxygen atoms in total. The average Bonchev–Trinajstić information content (AvgIpc) is 1.55. The van der Waals surface area contributed by atoms with E-state index >= 15 is 9.59 Å². The molecule has 1 aromatic rings. The molecule has 3 saturated carbocycles. The van der Waals surface area contributed by atoms with Gasteiger partial charge in [0.05, 0.1) is 30.2 Å². The Kier molecular flexibility index (Phi) is 26.8. The Morgan fingerprint density at radius 2 is 1.24 bits per heavy atom. The maximum absolute atomic E-state index is 15.0. The Labute approximate surface area is 545 Å². The molecule has 4 N–H and O–H groups in total. The van der Waals surface area contributed by atoms with Crippen molar-refractivity contribution in [3.63, 3.8) is 0 Å². The summed E-state index contributed by atoms with van der Waals surface area (Å²) in [6.45, 7) is 7.29. The number of likely N-dealkylation sites (N-methyl/N-ethyl adjacent to an activating group) is 6. The van der Waals surface area contributed by atoms with Crippen LogP contribution in [0.25, 0.3) is 0 Å². The van der Waals surface area contributed by atoms with Crippen LogP contribution in [0, 0.1) is 23.7 Å². The van der Waals surface area contributed by atoms with E-state index in [1.165, 1.54) is 72.9 Å². The van der Waals surface area contributed by atoms with Gasteiger partial charge in [-0.25, -0.2) is 0 Å². The van der Waals surface area contributed by atoms with Crippen molar-refractivity contribution in [3.05, 3.63) is 34.3 Å². The fourth-order valence-corrected chi connectivity index (χ4v) is 14.1. The van der Waals surface area contributed by atoms with Gasteiger partial charge in [0.2, 0.25) is 65.0 Å². The Morgan fingerprint density at radius 1 is 0.620 bits per heavy atom. The number of hydrogen-bond donors (Lipinski definition) is 4. The first-order chi connectivity index (χ1) is 43.3. The van der Waals surface area contributed by atoms with Crippen molar-refractivity contribution in [1.29, 1.82) is 0 Å². The van der Waals surface area contributed by atoms with Crippen molar-refractivity contribution >= 4 is 76.6 Å². The van der Waals surface area contributed by atoms with E-state index in [1.807, 2.05) is 6.92 Å². The van der Waals surface area contributed by atoms with E-state index in [9.17, 15) is 56.3 Å². The van der Waals surface area contributed by atoms with Crippen LogP contribution >= 0.6 is 11.6 Å². The summed E-state index contributed by atoms with van der Waals surface area (Å²) >= 11 is 6.12. The highest BCUT2D eigenvalue weighted by Gasteiger charge is 2.50. The molecule has 8 atom stereocenters. The van der Waals surface area contributed by atoms with E-state index in [0.717, 1.165) is 73.3 Å². The van der Waals surface area contributed by atoms with Gasteiger partial charge < -0.3 is 55.6 Å². The standard InChI is InChI=1S/C66H101ClF3N11O11/c1-12-41(4)56-63(91)77(8)38-54(84)75(6)39-55(85)79(10)51(36-44-20-14-13-15-21-44)62(90)76(7)37-52(82)72-48(29-26-45-25-28-46(47(67)35-45)66(68,69)70)61(89)81-33-19-24-50(81)59(87)74-65(31-16-17-32-65)64(92)80(11)57(40(2)3)60(88)71-42(5)34-53(83)78(9)49(58(86)73-56)30-27-43-22-18-23-43/h25,28,35,40-44,48-51,56-57H,12-24,26-27,29-34,36-39H2,1-11H3,(H,71,88)(H,72,82)(H,73,86)(H,74,87)/t41-,42+,48-,49-,50-,51-,56-,57-/m0/s1. The molecule has 5 aliphatic rings. The molecule has 0 aromatic heterocycles. The maximum Gasteiger partial charge on any atom is 0.417 e. The Balaban J connectivity index is 1.35. The number of carbonyl (C=O) groups is 11. The molecule has 2 heterocycles. The molecular formula is C66H101ClF3N11O11. The van der Waals surface area contributed by atoms with Crippen molar-refractivity contribution in [1.82, 2.24) is 55.6 Å². The number of alkyl halides is 3. The molecule has 514 valence electrons. The third kappa shape index (κ3) is 19.1. The van der Waals surface area contributed by atoms with Crippen LogP contribution in [0.4, 0.5) is 13.2 Å². The van der Waals surface area contributed by atoms with Crippen molar-refractivity contribution in [3.8, 4) is 0 Å². The summed E-state index contributed by atoms with van der Waals surface area (Å²) in [6, 6.07) is -4.49. The van der Waals surface area contributed by atoms with E-state index in [1.54, 1.807) is 27.7 Å². The van der Waals surface area contributed by atoms with Gasteiger partial charge in [-0.2, -0.15) is 13.2 Å². The van der Waals surface area contributed by atoms with Gasteiger partial charge in [-0.15, -0.1) is 0 Å². The molecule has 3 aliphatic carbocycles. The molecule has 2 aliphatic heterocycles. The number of amides is 11. The van der Waals surface area contributed by atoms with Crippen molar-refractivity contribution < 1.29 is 65.9 Å². The van der Waals surface area contributed by atoms with Crippen molar-refractivity contribution in [2.24, 2.45) is 23.7 Å². The highest BCUT2D eigenvalue weighted by molar-refractivity contribution is 6.31. The van der Waals surface area contributed by atoms with Crippen molar-refractivity contribution in [2.75, 3.05) is 68.5 Å². The summed E-state index contributed by atoms with van der Waals surface area (Å²) in [5.41, 5.74) is -2.24. The fraction of sp³-hybridized carbons (Fsp3) is 0.742. The van der Waals surface area contributed by atoms with Gasteiger partial charge in [0, 0.05) is 61.3 Å². The first-order valence-corrected chi connectivity index (χ1v) is 33.6. The molecule has 2 saturated heterocycles. The van der Waals surface area contributed by atoms with Gasteiger partial charge in [-0.1, -0.05) is 116 Å². The van der Waals surface area contributed by atoms with Crippen LogP contribution in [0.1, 0.15) is 174 Å². The second-order valence-corrected chi connectivity index (χ2v) is 27.7. The summed E-state index contributed by atoms with van der Waals surface area (Å²) < 4.78 is 41.3. The molecule has 5 fully saturated rings. The van der Waals surface area contributed by atoms with Crippen LogP contribution in [0.3, 0.4) is 0 Å². The van der Waals surface area contributed by atoms with Gasteiger partial charge >= 0.3 is 6.18 Å². The molecule has 1 spiro atoms. The lowest BCUT2D eigenvalue weighted by Crippen LogP contribution is -2.64. The minimum atomic E-state index is -4.74. The van der Waals surface area contributed by atoms with Crippen LogP contribution in [-0.2, 0) is 65.3 Å². The summed E-state index contributed by atoms with van der Waals surface area (Å²) in [6.07, 6.45) is 5.88. The number of nitrogens with one attached hydrogen (secondary N) is 4. The number of hydrogen-bond acceptors (Lipinski definition) is 11. The molecule has 26 heteroatoms. The Morgan fingerprint density at radius 3 is 1.84 bits per heavy atom. The molecule has 6 rings (SSSR count). The second-order valence-electron chi connectivity index (χ2n) is 27.3. The first kappa shape index (κ1) is 74.5. The molecule has 0 unspecified atom stereocenters. The third-order valence-corrected chi connectivity index (χ3v) is 20.3. The number of nitrogens with zero attached hydrogens (tertiary/aromatic N) is 7. The molecule has 1 aromatic carbocycles. The highest BCUT2D eigenvalue weighted by Crippen LogP contribution is 2.37. The molecule has 0 bridgehead atoms. The first-order valence-electron chi connectivity index (χ1n) is 33.2. The SMILES string of the molecule is CC[C@H](C)[C@@H]1NC(=O)[C@H](CCC2CCC2)N(C)C(=O)C[C@@H](C)NC(=O)[C@H](C(C)C)N(C)C(=O)C2(CCCC2)NC(=O)[C@@H]2CCCN2C(=O)[C@H](CCc2ccc(C(F)(F)F)c(Cl)c2)NC(=O)CN(C)C(=O)[C@H](CC2CCCCC2)N(C)C(=O)CN(C)C(=O)CN(C)C1=O. The van der Waals surface area contributed by atoms with Crippen LogP contribution in [-0.4, -0.2) is 216 Å². The second kappa shape index (κ2) is 33.0. The zero-order valence-electron chi connectivity index (χ0n) is 55.9. The quantitative estimate of drug-likeness (QED) is 0.209. The van der Waals surface area contributed by atoms with E-state index < -0.39 is 161 Å². The minimum absolute atomic E-state index is 0.0361. The number of halogens is 4. The summed E-state index contributed by atoms with van der Waals surface area (Å²) in [5.74, 6) is -7.19. The number of carbonyl (C=O) groups excluding carboxylic acids is 11. The lowest BCUT2D eigenvalue weighted by Gasteiger charge is -2.39. The normalized spacial score (nSPS) is 26.9. The van der Waals surface area contributed by atoms with E-state index in [2.05, 4.69) is 21.3 Å². The minimum Gasteiger partial charge on any atom is -0.351 e. The number of fused-ring (bicyclic) bond motifs is 1.